The summed E-state index contributed by atoms with van der Waals surface area (Å²) in [5.41, 5.74) is 1.26. The van der Waals surface area contributed by atoms with Gasteiger partial charge in [0.1, 0.15) is 0 Å². The van der Waals surface area contributed by atoms with E-state index in [-0.39, 0.29) is 11.8 Å². The van der Waals surface area contributed by atoms with Crippen LogP contribution in [0.4, 0.5) is 5.69 Å². The Hall–Kier alpha value is -2.41. The molecule has 1 aliphatic heterocycles. The van der Waals surface area contributed by atoms with Gasteiger partial charge in [0.2, 0.25) is 0 Å². The van der Waals surface area contributed by atoms with E-state index in [0.29, 0.717) is 16.8 Å². The fraction of sp³-hybridized carbons (Fsp3) is 0.0833. The van der Waals surface area contributed by atoms with Gasteiger partial charge in [-0.1, -0.05) is 6.07 Å². The molecule has 1 aliphatic rings. The van der Waals surface area contributed by atoms with Gasteiger partial charge in [-0.3, -0.25) is 9.59 Å². The summed E-state index contributed by atoms with van der Waals surface area (Å²) in [6, 6.07) is 8.37. The van der Waals surface area contributed by atoms with E-state index in [2.05, 4.69) is 0 Å². The van der Waals surface area contributed by atoms with Crippen LogP contribution in [-0.2, 0) is 9.59 Å². The van der Waals surface area contributed by atoms with Crippen LogP contribution in [0, 0.1) is 11.3 Å². The van der Waals surface area contributed by atoms with Gasteiger partial charge in [-0.2, -0.15) is 5.26 Å². The van der Waals surface area contributed by atoms with E-state index in [4.69, 9.17) is 5.26 Å². The average Bonchev–Trinajstić information content (AvgIpc) is 2.53. The molecule has 0 radical (unpaired) electrons. The Morgan fingerprint density at radius 1 is 1.31 bits per heavy atom. The number of benzene rings is 1. The molecule has 0 bridgehead atoms. The number of nitrogens with zero attached hydrogens (tertiary/aromatic N) is 2. The molecule has 0 aliphatic carbocycles. The van der Waals surface area contributed by atoms with Crippen molar-refractivity contribution in [2.45, 2.75) is 6.92 Å². The van der Waals surface area contributed by atoms with Gasteiger partial charge in [-0.25, -0.2) is 4.90 Å². The highest BCUT2D eigenvalue weighted by atomic mass is 16.2. The first-order valence-electron chi connectivity index (χ1n) is 4.70. The monoisotopic (exact) mass is 212 g/mol. The highest BCUT2D eigenvalue weighted by Crippen LogP contribution is 2.22. The lowest BCUT2D eigenvalue weighted by molar-refractivity contribution is -0.120. The lowest BCUT2D eigenvalue weighted by Gasteiger charge is -2.14. The number of imide groups is 1. The van der Waals surface area contributed by atoms with Crippen molar-refractivity contribution in [1.82, 2.24) is 0 Å². The number of carbonyl (C=O) groups excluding carboxylic acids is 2. The summed E-state index contributed by atoms with van der Waals surface area (Å²) in [4.78, 5) is 24.3. The summed E-state index contributed by atoms with van der Waals surface area (Å²) in [6.45, 7) is 1.59. The molecule has 1 aromatic rings. The van der Waals surface area contributed by atoms with Gasteiger partial charge >= 0.3 is 0 Å². The molecule has 0 atom stereocenters. The quantitative estimate of drug-likeness (QED) is 0.660. The SMILES string of the molecule is CC1=CC(=O)N(c2cccc(C#N)c2)C1=O. The standard InChI is InChI=1S/C12H8N2O2/c1-8-5-11(15)14(12(8)16)10-4-2-3-9(6-10)7-13/h2-6H,1H3. The van der Waals surface area contributed by atoms with Crippen molar-refractivity contribution in [3.63, 3.8) is 0 Å². The molecule has 2 amide bonds. The van der Waals surface area contributed by atoms with Crippen LogP contribution in [0.1, 0.15) is 12.5 Å². The third-order valence-corrected chi connectivity index (χ3v) is 2.33. The molecule has 0 saturated carbocycles. The maximum atomic E-state index is 11.7. The predicted molar refractivity (Wildman–Crippen MR) is 57.4 cm³/mol. The topological polar surface area (TPSA) is 61.2 Å². The fourth-order valence-electron chi connectivity index (χ4n) is 1.55. The molecule has 0 aromatic heterocycles. The molecule has 0 N–H and O–H groups in total. The largest absolute Gasteiger partial charge is 0.269 e. The predicted octanol–water partition coefficient (Wildman–Crippen LogP) is 1.38. The minimum Gasteiger partial charge on any atom is -0.269 e. The third-order valence-electron chi connectivity index (χ3n) is 2.33. The van der Waals surface area contributed by atoms with Crippen molar-refractivity contribution < 1.29 is 9.59 Å². The summed E-state index contributed by atoms with van der Waals surface area (Å²) in [6.07, 6.45) is 1.29. The second-order valence-electron chi connectivity index (χ2n) is 3.47. The summed E-state index contributed by atoms with van der Waals surface area (Å²) < 4.78 is 0. The van der Waals surface area contributed by atoms with Gasteiger partial charge in [-0.05, 0) is 25.1 Å². The zero-order valence-electron chi connectivity index (χ0n) is 8.60. The smallest absolute Gasteiger partial charge is 0.261 e. The number of hydrogen-bond acceptors (Lipinski definition) is 3. The Kier molecular flexibility index (Phi) is 2.29. The molecule has 2 rings (SSSR count). The van der Waals surface area contributed by atoms with Gasteiger partial charge in [0.05, 0.1) is 17.3 Å². The van der Waals surface area contributed by atoms with Gasteiger partial charge in [0.15, 0.2) is 0 Å². The summed E-state index contributed by atoms with van der Waals surface area (Å²) in [7, 11) is 0. The molecular formula is C12H8N2O2. The Morgan fingerprint density at radius 3 is 2.62 bits per heavy atom. The molecule has 16 heavy (non-hydrogen) atoms. The third kappa shape index (κ3) is 1.48. The second-order valence-corrected chi connectivity index (χ2v) is 3.47. The maximum Gasteiger partial charge on any atom is 0.261 e. The number of nitriles is 1. The normalized spacial score (nSPS) is 15.0. The van der Waals surface area contributed by atoms with Crippen molar-refractivity contribution in [2.24, 2.45) is 0 Å². The molecule has 1 aromatic carbocycles. The van der Waals surface area contributed by atoms with Crippen LogP contribution < -0.4 is 4.90 Å². The number of carbonyl (C=O) groups is 2. The highest BCUT2D eigenvalue weighted by Gasteiger charge is 2.29. The number of hydrogen-bond donors (Lipinski definition) is 0. The van der Waals surface area contributed by atoms with Crippen LogP contribution in [0.5, 0.6) is 0 Å². The molecule has 0 saturated heterocycles. The molecule has 4 nitrogen and oxygen atoms in total. The first-order chi connectivity index (χ1) is 7.63. The van der Waals surface area contributed by atoms with E-state index in [9.17, 15) is 9.59 Å². The van der Waals surface area contributed by atoms with Crippen LogP contribution >= 0.6 is 0 Å². The maximum absolute atomic E-state index is 11.7. The second kappa shape index (κ2) is 3.63. The van der Waals surface area contributed by atoms with Gasteiger partial charge in [-0.15, -0.1) is 0 Å². The zero-order valence-corrected chi connectivity index (χ0v) is 8.60. The first kappa shape index (κ1) is 10.1. The van der Waals surface area contributed by atoms with Crippen molar-refractivity contribution in [1.29, 1.82) is 5.26 Å². The molecule has 0 unspecified atom stereocenters. The van der Waals surface area contributed by atoms with E-state index in [1.807, 2.05) is 6.07 Å². The van der Waals surface area contributed by atoms with Crippen LogP contribution in [0.25, 0.3) is 0 Å². The van der Waals surface area contributed by atoms with Gasteiger partial charge in [0.25, 0.3) is 11.8 Å². The van der Waals surface area contributed by atoms with Crippen molar-refractivity contribution in [2.75, 3.05) is 4.90 Å². The average molecular weight is 212 g/mol. The number of anilines is 1. The van der Waals surface area contributed by atoms with Crippen LogP contribution in [0.2, 0.25) is 0 Å². The van der Waals surface area contributed by atoms with E-state index in [1.165, 1.54) is 12.1 Å². The Morgan fingerprint density at radius 2 is 2.06 bits per heavy atom. The molecule has 78 valence electrons. The van der Waals surface area contributed by atoms with Crippen LogP contribution in [0.3, 0.4) is 0 Å². The minimum atomic E-state index is -0.363. The lowest BCUT2D eigenvalue weighted by Crippen LogP contribution is -2.30. The number of rotatable bonds is 1. The summed E-state index contributed by atoms with van der Waals surface area (Å²) >= 11 is 0. The lowest BCUT2D eigenvalue weighted by atomic mass is 10.2. The molecular weight excluding hydrogens is 204 g/mol. The fourth-order valence-corrected chi connectivity index (χ4v) is 1.55. The summed E-state index contributed by atoms with van der Waals surface area (Å²) in [5, 5.41) is 8.74. The summed E-state index contributed by atoms with van der Waals surface area (Å²) in [5.74, 6) is -0.697. The number of amides is 2. The Balaban J connectivity index is 2.44. The minimum absolute atomic E-state index is 0.333. The molecule has 0 spiro atoms. The van der Waals surface area contributed by atoms with E-state index in [0.717, 1.165) is 4.90 Å². The van der Waals surface area contributed by atoms with E-state index >= 15 is 0 Å². The van der Waals surface area contributed by atoms with E-state index in [1.54, 1.807) is 25.1 Å². The molecule has 0 fully saturated rings. The van der Waals surface area contributed by atoms with Crippen molar-refractivity contribution >= 4 is 17.5 Å². The first-order valence-corrected chi connectivity index (χ1v) is 4.70. The Bertz CT molecular complexity index is 552. The van der Waals surface area contributed by atoms with E-state index < -0.39 is 0 Å². The Labute approximate surface area is 92.4 Å². The molecule has 4 heteroatoms. The highest BCUT2D eigenvalue weighted by molar-refractivity contribution is 6.30. The van der Waals surface area contributed by atoms with Crippen LogP contribution in [-0.4, -0.2) is 11.8 Å². The van der Waals surface area contributed by atoms with Gasteiger partial charge < -0.3 is 0 Å². The molecule has 1 heterocycles. The zero-order chi connectivity index (χ0) is 11.7. The van der Waals surface area contributed by atoms with Crippen molar-refractivity contribution in [3.8, 4) is 6.07 Å². The van der Waals surface area contributed by atoms with Crippen LogP contribution in [0.15, 0.2) is 35.9 Å². The van der Waals surface area contributed by atoms with Gasteiger partial charge in [0, 0.05) is 11.6 Å². The van der Waals surface area contributed by atoms with Crippen molar-refractivity contribution in [3.05, 3.63) is 41.5 Å².